The van der Waals surface area contributed by atoms with Gasteiger partial charge in [-0.2, -0.15) is 4.98 Å². The predicted octanol–water partition coefficient (Wildman–Crippen LogP) is 0.853. The Labute approximate surface area is 89.0 Å². The molecular weight excluding hydrogens is 194 g/mol. The molecule has 0 bridgehead atoms. The fourth-order valence-corrected chi connectivity index (χ4v) is 2.01. The topological polar surface area (TPSA) is 74.2 Å². The van der Waals surface area contributed by atoms with Crippen LogP contribution in [-0.2, 0) is 11.2 Å². The summed E-state index contributed by atoms with van der Waals surface area (Å²) in [6.45, 7) is 0.621. The molecule has 0 aromatic carbocycles. The summed E-state index contributed by atoms with van der Waals surface area (Å²) in [4.78, 5) is 4.34. The van der Waals surface area contributed by atoms with Gasteiger partial charge < -0.3 is 15.0 Å². The molecule has 1 saturated carbocycles. The second-order valence-electron chi connectivity index (χ2n) is 3.99. The van der Waals surface area contributed by atoms with Crippen molar-refractivity contribution in [2.45, 2.75) is 37.6 Å². The van der Waals surface area contributed by atoms with Gasteiger partial charge in [0.05, 0.1) is 12.5 Å². The molecule has 84 valence electrons. The van der Waals surface area contributed by atoms with E-state index in [1.165, 1.54) is 0 Å². The lowest BCUT2D eigenvalue weighted by molar-refractivity contribution is 0.199. The monoisotopic (exact) mass is 211 g/mol. The summed E-state index contributed by atoms with van der Waals surface area (Å²) in [5.74, 6) is 1.67. The number of ether oxygens (including phenoxy) is 1. The highest BCUT2D eigenvalue weighted by molar-refractivity contribution is 5.02. The van der Waals surface area contributed by atoms with Crippen LogP contribution in [0.4, 0.5) is 0 Å². The normalized spacial score (nSPS) is 26.0. The zero-order valence-electron chi connectivity index (χ0n) is 8.98. The van der Waals surface area contributed by atoms with Crippen LogP contribution in [0.5, 0.6) is 0 Å². The first-order chi connectivity index (χ1) is 7.31. The predicted molar refractivity (Wildman–Crippen MR) is 54.4 cm³/mol. The SMILES string of the molecule is COCCc1noc(C2CCCC2N)n1. The Morgan fingerprint density at radius 2 is 2.40 bits per heavy atom. The zero-order chi connectivity index (χ0) is 10.7. The van der Waals surface area contributed by atoms with Gasteiger partial charge in [-0.25, -0.2) is 0 Å². The van der Waals surface area contributed by atoms with Crippen molar-refractivity contribution in [3.63, 3.8) is 0 Å². The molecule has 2 atom stereocenters. The number of hydrogen-bond donors (Lipinski definition) is 1. The van der Waals surface area contributed by atoms with E-state index in [1.807, 2.05) is 0 Å². The Hall–Kier alpha value is -0.940. The molecule has 1 aliphatic carbocycles. The standard InChI is InChI=1S/C10H17N3O2/c1-14-6-5-9-12-10(15-13-9)7-3-2-4-8(7)11/h7-8H,2-6,11H2,1H3. The maximum Gasteiger partial charge on any atom is 0.231 e. The minimum absolute atomic E-state index is 0.181. The molecule has 1 aliphatic rings. The van der Waals surface area contributed by atoms with Crippen molar-refractivity contribution in [2.75, 3.05) is 13.7 Å². The summed E-state index contributed by atoms with van der Waals surface area (Å²) < 4.78 is 10.2. The highest BCUT2D eigenvalue weighted by atomic mass is 16.5. The first kappa shape index (κ1) is 10.6. The Kier molecular flexibility index (Phi) is 3.33. The molecule has 15 heavy (non-hydrogen) atoms. The summed E-state index contributed by atoms with van der Waals surface area (Å²) in [6, 6.07) is 0.181. The molecule has 0 amide bonds. The van der Waals surface area contributed by atoms with Gasteiger partial charge in [0.15, 0.2) is 5.82 Å². The third kappa shape index (κ3) is 2.35. The molecule has 0 spiro atoms. The van der Waals surface area contributed by atoms with Crippen LogP contribution < -0.4 is 5.73 Å². The lowest BCUT2D eigenvalue weighted by Gasteiger charge is -2.08. The first-order valence-electron chi connectivity index (χ1n) is 5.38. The molecule has 5 heteroatoms. The molecule has 1 aromatic rings. The minimum Gasteiger partial charge on any atom is -0.384 e. The molecule has 5 nitrogen and oxygen atoms in total. The van der Waals surface area contributed by atoms with E-state index in [4.69, 9.17) is 15.0 Å². The maximum atomic E-state index is 5.97. The Morgan fingerprint density at radius 3 is 3.07 bits per heavy atom. The van der Waals surface area contributed by atoms with E-state index in [2.05, 4.69) is 10.1 Å². The van der Waals surface area contributed by atoms with Crippen molar-refractivity contribution in [1.29, 1.82) is 0 Å². The summed E-state index contributed by atoms with van der Waals surface area (Å²) in [7, 11) is 1.66. The van der Waals surface area contributed by atoms with E-state index >= 15 is 0 Å². The molecule has 1 heterocycles. The Morgan fingerprint density at radius 1 is 1.53 bits per heavy atom. The van der Waals surface area contributed by atoms with Crippen molar-refractivity contribution in [1.82, 2.24) is 10.1 Å². The largest absolute Gasteiger partial charge is 0.384 e. The van der Waals surface area contributed by atoms with Gasteiger partial charge in [-0.1, -0.05) is 11.6 Å². The van der Waals surface area contributed by atoms with Crippen LogP contribution in [0, 0.1) is 0 Å². The van der Waals surface area contributed by atoms with Gasteiger partial charge in [-0.05, 0) is 12.8 Å². The molecule has 2 N–H and O–H groups in total. The average Bonchev–Trinajstić information content (AvgIpc) is 2.83. The quantitative estimate of drug-likeness (QED) is 0.799. The molecule has 0 saturated heterocycles. The maximum absolute atomic E-state index is 5.97. The third-order valence-electron chi connectivity index (χ3n) is 2.90. The van der Waals surface area contributed by atoms with Gasteiger partial charge in [0.25, 0.3) is 0 Å². The molecule has 1 aromatic heterocycles. The summed E-state index contributed by atoms with van der Waals surface area (Å²) >= 11 is 0. The minimum atomic E-state index is 0.181. The molecule has 2 rings (SSSR count). The number of aromatic nitrogens is 2. The second-order valence-corrected chi connectivity index (χ2v) is 3.99. The number of nitrogens with two attached hydrogens (primary N) is 1. The molecule has 0 aliphatic heterocycles. The van der Waals surface area contributed by atoms with Crippen LogP contribution in [0.1, 0.15) is 36.9 Å². The van der Waals surface area contributed by atoms with Gasteiger partial charge in [0.1, 0.15) is 0 Å². The van der Waals surface area contributed by atoms with Gasteiger partial charge in [-0.3, -0.25) is 0 Å². The summed E-state index contributed by atoms with van der Waals surface area (Å²) in [5, 5.41) is 3.91. The molecule has 2 unspecified atom stereocenters. The van der Waals surface area contributed by atoms with Crippen LogP contribution in [0.25, 0.3) is 0 Å². The molecule has 1 fully saturated rings. The molecular formula is C10H17N3O2. The number of methoxy groups -OCH3 is 1. The number of hydrogen-bond acceptors (Lipinski definition) is 5. The van der Waals surface area contributed by atoms with Crippen molar-refractivity contribution >= 4 is 0 Å². The van der Waals surface area contributed by atoms with Crippen LogP contribution in [0.15, 0.2) is 4.52 Å². The van der Waals surface area contributed by atoms with E-state index in [9.17, 15) is 0 Å². The fraction of sp³-hybridized carbons (Fsp3) is 0.800. The third-order valence-corrected chi connectivity index (χ3v) is 2.90. The smallest absolute Gasteiger partial charge is 0.231 e. The Bertz CT molecular complexity index is 313. The Balaban J connectivity index is 1.99. The van der Waals surface area contributed by atoms with Crippen molar-refractivity contribution in [3.05, 3.63) is 11.7 Å². The summed E-state index contributed by atoms with van der Waals surface area (Å²) in [6.07, 6.45) is 3.97. The van der Waals surface area contributed by atoms with Crippen molar-refractivity contribution < 1.29 is 9.26 Å². The van der Waals surface area contributed by atoms with Crippen molar-refractivity contribution in [3.8, 4) is 0 Å². The van der Waals surface area contributed by atoms with Crippen LogP contribution in [-0.4, -0.2) is 29.9 Å². The summed E-state index contributed by atoms with van der Waals surface area (Å²) in [5.41, 5.74) is 5.97. The van der Waals surface area contributed by atoms with Crippen LogP contribution in [0.3, 0.4) is 0 Å². The highest BCUT2D eigenvalue weighted by Crippen LogP contribution is 2.32. The lowest BCUT2D eigenvalue weighted by atomic mass is 10.1. The van der Waals surface area contributed by atoms with Gasteiger partial charge in [-0.15, -0.1) is 0 Å². The second kappa shape index (κ2) is 4.72. The van der Waals surface area contributed by atoms with E-state index in [-0.39, 0.29) is 12.0 Å². The average molecular weight is 211 g/mol. The first-order valence-corrected chi connectivity index (χ1v) is 5.38. The number of nitrogens with zero attached hydrogens (tertiary/aromatic N) is 2. The van der Waals surface area contributed by atoms with Crippen LogP contribution in [0.2, 0.25) is 0 Å². The fourth-order valence-electron chi connectivity index (χ4n) is 2.01. The lowest BCUT2D eigenvalue weighted by Crippen LogP contribution is -2.22. The van der Waals surface area contributed by atoms with Gasteiger partial charge in [0.2, 0.25) is 5.89 Å². The zero-order valence-corrected chi connectivity index (χ0v) is 8.98. The highest BCUT2D eigenvalue weighted by Gasteiger charge is 2.30. The van der Waals surface area contributed by atoms with Gasteiger partial charge in [0, 0.05) is 19.6 Å². The molecule has 0 radical (unpaired) electrons. The van der Waals surface area contributed by atoms with E-state index in [0.29, 0.717) is 24.7 Å². The van der Waals surface area contributed by atoms with E-state index < -0.39 is 0 Å². The van der Waals surface area contributed by atoms with E-state index in [0.717, 1.165) is 19.3 Å². The number of rotatable bonds is 4. The van der Waals surface area contributed by atoms with Crippen LogP contribution >= 0.6 is 0 Å². The van der Waals surface area contributed by atoms with Crippen molar-refractivity contribution in [2.24, 2.45) is 5.73 Å². The van der Waals surface area contributed by atoms with E-state index in [1.54, 1.807) is 7.11 Å². The van der Waals surface area contributed by atoms with Gasteiger partial charge >= 0.3 is 0 Å².